The maximum atomic E-state index is 12.5. The molecular formula is C20H35N3O4. The summed E-state index contributed by atoms with van der Waals surface area (Å²) in [5, 5.41) is 13.0. The number of carbonyl (C=O) groups excluding carboxylic acids is 2. The minimum Gasteiger partial charge on any atom is -0.392 e. The largest absolute Gasteiger partial charge is 0.392 e. The number of ether oxygens (including phenoxy) is 1. The van der Waals surface area contributed by atoms with Gasteiger partial charge in [0.1, 0.15) is 0 Å². The van der Waals surface area contributed by atoms with Crippen molar-refractivity contribution in [1.82, 2.24) is 15.1 Å². The van der Waals surface area contributed by atoms with Gasteiger partial charge in [-0.1, -0.05) is 12.8 Å². The average Bonchev–Trinajstić information content (AvgIpc) is 3.31. The molecule has 154 valence electrons. The lowest BCUT2D eigenvalue weighted by molar-refractivity contribution is -0.134. The van der Waals surface area contributed by atoms with Crippen molar-refractivity contribution < 1.29 is 19.4 Å². The fourth-order valence-electron chi connectivity index (χ4n) is 4.93. The predicted molar refractivity (Wildman–Crippen MR) is 102 cm³/mol. The molecule has 3 rings (SSSR count). The molecule has 2 amide bonds. The van der Waals surface area contributed by atoms with E-state index in [0.29, 0.717) is 44.4 Å². The number of piperidine rings is 1. The van der Waals surface area contributed by atoms with Crippen molar-refractivity contribution in [1.29, 1.82) is 0 Å². The Hall–Kier alpha value is -1.18. The Kier molecular flexibility index (Phi) is 7.49. The van der Waals surface area contributed by atoms with Gasteiger partial charge in [-0.3, -0.25) is 14.5 Å². The number of carbonyl (C=O) groups is 2. The summed E-state index contributed by atoms with van der Waals surface area (Å²) in [7, 11) is 1.61. The fraction of sp³-hybridized carbons (Fsp3) is 0.900. The molecule has 2 saturated heterocycles. The summed E-state index contributed by atoms with van der Waals surface area (Å²) in [6.07, 6.45) is 7.44. The van der Waals surface area contributed by atoms with Crippen molar-refractivity contribution in [3.05, 3.63) is 0 Å². The Bertz CT molecular complexity index is 501. The van der Waals surface area contributed by atoms with E-state index in [2.05, 4.69) is 10.2 Å². The van der Waals surface area contributed by atoms with Crippen LogP contribution in [0.2, 0.25) is 0 Å². The van der Waals surface area contributed by atoms with Crippen LogP contribution in [-0.4, -0.2) is 84.8 Å². The number of hydrogen-bond acceptors (Lipinski definition) is 5. The minimum absolute atomic E-state index is 0.0247. The Balaban J connectivity index is 1.48. The summed E-state index contributed by atoms with van der Waals surface area (Å²) in [6, 6.07) is -0.0153. The molecule has 1 aliphatic carbocycles. The number of hydrogen-bond donors (Lipinski definition) is 2. The number of aliphatic hydroxyl groups is 1. The number of nitrogens with zero attached hydrogens (tertiary/aromatic N) is 2. The summed E-state index contributed by atoms with van der Waals surface area (Å²) in [5.41, 5.74) is 0. The van der Waals surface area contributed by atoms with Gasteiger partial charge in [-0.25, -0.2) is 0 Å². The van der Waals surface area contributed by atoms with E-state index < -0.39 is 6.10 Å². The molecule has 2 atom stereocenters. The summed E-state index contributed by atoms with van der Waals surface area (Å²) >= 11 is 0. The van der Waals surface area contributed by atoms with E-state index in [1.165, 1.54) is 25.7 Å². The third-order valence-electron chi connectivity index (χ3n) is 6.45. The van der Waals surface area contributed by atoms with Crippen LogP contribution in [0.15, 0.2) is 0 Å². The minimum atomic E-state index is -0.454. The van der Waals surface area contributed by atoms with Gasteiger partial charge in [-0.2, -0.15) is 0 Å². The number of amides is 2. The molecule has 0 aromatic carbocycles. The Morgan fingerprint density at radius 1 is 1.15 bits per heavy atom. The number of likely N-dealkylation sites (tertiary alicyclic amines) is 2. The lowest BCUT2D eigenvalue weighted by Gasteiger charge is -2.39. The molecule has 0 bridgehead atoms. The Labute approximate surface area is 162 Å². The number of aliphatic hydroxyl groups excluding tert-OH is 1. The predicted octanol–water partition coefficient (Wildman–Crippen LogP) is 0.756. The van der Waals surface area contributed by atoms with E-state index in [9.17, 15) is 14.7 Å². The molecule has 2 aliphatic heterocycles. The first-order valence-electron chi connectivity index (χ1n) is 10.6. The van der Waals surface area contributed by atoms with Gasteiger partial charge in [0.15, 0.2) is 0 Å². The average molecular weight is 382 g/mol. The van der Waals surface area contributed by atoms with Crippen molar-refractivity contribution in [2.45, 2.75) is 69.6 Å². The lowest BCUT2D eigenvalue weighted by atomic mass is 9.99. The van der Waals surface area contributed by atoms with Gasteiger partial charge in [-0.15, -0.1) is 0 Å². The first kappa shape index (κ1) is 20.6. The zero-order chi connectivity index (χ0) is 19.2. The molecule has 0 aromatic heterocycles. The SMILES string of the molecule is COCCNC(=O)[C@@H]1C[C@@H](O)CN1C1CCN(C(=O)CC2CCCC2)CC1. The van der Waals surface area contributed by atoms with Crippen LogP contribution in [0.5, 0.6) is 0 Å². The third kappa shape index (κ3) is 5.42. The zero-order valence-corrected chi connectivity index (χ0v) is 16.6. The van der Waals surface area contributed by atoms with Gasteiger partial charge < -0.3 is 20.1 Å². The molecule has 0 spiro atoms. The first-order valence-corrected chi connectivity index (χ1v) is 10.6. The Morgan fingerprint density at radius 3 is 2.52 bits per heavy atom. The van der Waals surface area contributed by atoms with E-state index in [1.54, 1.807) is 7.11 Å². The highest BCUT2D eigenvalue weighted by atomic mass is 16.5. The van der Waals surface area contributed by atoms with E-state index in [0.717, 1.165) is 25.9 Å². The molecule has 0 aromatic rings. The second-order valence-electron chi connectivity index (χ2n) is 8.35. The van der Waals surface area contributed by atoms with Crippen LogP contribution in [0, 0.1) is 5.92 Å². The molecule has 1 saturated carbocycles. The van der Waals surface area contributed by atoms with Crippen LogP contribution in [0.3, 0.4) is 0 Å². The van der Waals surface area contributed by atoms with E-state index in [1.807, 2.05) is 4.90 Å². The zero-order valence-electron chi connectivity index (χ0n) is 16.6. The highest BCUT2D eigenvalue weighted by molar-refractivity contribution is 5.82. The van der Waals surface area contributed by atoms with Gasteiger partial charge in [0.2, 0.25) is 11.8 Å². The van der Waals surface area contributed by atoms with Crippen LogP contribution in [0.25, 0.3) is 0 Å². The molecule has 7 nitrogen and oxygen atoms in total. The summed E-state index contributed by atoms with van der Waals surface area (Å²) < 4.78 is 4.99. The smallest absolute Gasteiger partial charge is 0.237 e. The van der Waals surface area contributed by atoms with Crippen LogP contribution in [-0.2, 0) is 14.3 Å². The number of β-amino-alcohol motifs (C(OH)–C–C–N with tert-alkyl or cyclic N) is 1. The third-order valence-corrected chi connectivity index (χ3v) is 6.45. The van der Waals surface area contributed by atoms with E-state index in [-0.39, 0.29) is 18.0 Å². The van der Waals surface area contributed by atoms with Crippen molar-refractivity contribution >= 4 is 11.8 Å². The fourth-order valence-corrected chi connectivity index (χ4v) is 4.93. The summed E-state index contributed by atoms with van der Waals surface area (Å²) in [4.78, 5) is 29.2. The second-order valence-corrected chi connectivity index (χ2v) is 8.35. The van der Waals surface area contributed by atoms with Gasteiger partial charge in [-0.05, 0) is 38.0 Å². The highest BCUT2D eigenvalue weighted by Crippen LogP contribution is 2.30. The monoisotopic (exact) mass is 381 g/mol. The molecule has 27 heavy (non-hydrogen) atoms. The molecule has 0 unspecified atom stereocenters. The summed E-state index contributed by atoms with van der Waals surface area (Å²) in [5.74, 6) is 0.864. The number of methoxy groups -OCH3 is 1. The van der Waals surface area contributed by atoms with Gasteiger partial charge >= 0.3 is 0 Å². The maximum absolute atomic E-state index is 12.5. The van der Waals surface area contributed by atoms with E-state index in [4.69, 9.17) is 4.74 Å². The van der Waals surface area contributed by atoms with Gasteiger partial charge in [0, 0.05) is 45.8 Å². The number of nitrogens with one attached hydrogen (secondary N) is 1. The van der Waals surface area contributed by atoms with Crippen molar-refractivity contribution in [3.8, 4) is 0 Å². The number of rotatable bonds is 7. The van der Waals surface area contributed by atoms with Crippen molar-refractivity contribution in [2.24, 2.45) is 5.92 Å². The lowest BCUT2D eigenvalue weighted by Crippen LogP contribution is -2.52. The topological polar surface area (TPSA) is 82.1 Å². The molecular weight excluding hydrogens is 346 g/mol. The van der Waals surface area contributed by atoms with Crippen LogP contribution in [0.4, 0.5) is 0 Å². The van der Waals surface area contributed by atoms with Gasteiger partial charge in [0.05, 0.1) is 18.8 Å². The molecule has 7 heteroatoms. The molecule has 0 radical (unpaired) electrons. The Morgan fingerprint density at radius 2 is 1.85 bits per heavy atom. The first-order chi connectivity index (χ1) is 13.1. The van der Waals surface area contributed by atoms with Gasteiger partial charge in [0.25, 0.3) is 0 Å². The molecule has 3 aliphatic rings. The normalized spacial score (nSPS) is 28.0. The molecule has 2 heterocycles. The van der Waals surface area contributed by atoms with Crippen LogP contribution >= 0.6 is 0 Å². The van der Waals surface area contributed by atoms with Crippen molar-refractivity contribution in [3.63, 3.8) is 0 Å². The quantitative estimate of drug-likeness (QED) is 0.636. The molecule has 2 N–H and O–H groups in total. The summed E-state index contributed by atoms with van der Waals surface area (Å²) in [6.45, 7) is 3.05. The van der Waals surface area contributed by atoms with Crippen LogP contribution in [0.1, 0.15) is 51.4 Å². The standard InChI is InChI=1S/C20H35N3O4/c1-27-11-8-21-20(26)18-13-17(24)14-23(18)16-6-9-22(10-7-16)19(25)12-15-4-2-3-5-15/h15-18,24H,2-14H2,1H3,(H,21,26)/t17-,18+/m1/s1. The highest BCUT2D eigenvalue weighted by Gasteiger charge is 2.41. The maximum Gasteiger partial charge on any atom is 0.237 e. The van der Waals surface area contributed by atoms with Crippen molar-refractivity contribution in [2.75, 3.05) is 39.9 Å². The van der Waals surface area contributed by atoms with E-state index >= 15 is 0 Å². The van der Waals surface area contributed by atoms with Crippen LogP contribution < -0.4 is 5.32 Å². The second kappa shape index (κ2) is 9.85. The molecule has 3 fully saturated rings.